The van der Waals surface area contributed by atoms with Crippen LogP contribution in [0.1, 0.15) is 11.1 Å². The molecule has 0 atom stereocenters. The summed E-state index contributed by atoms with van der Waals surface area (Å²) in [6.07, 6.45) is 3.32. The number of benzene rings is 1. The number of nitrogens with zero attached hydrogens (tertiary/aromatic N) is 7. The maximum atomic E-state index is 14.8. The smallest absolute Gasteiger partial charge is 0.270 e. The summed E-state index contributed by atoms with van der Waals surface area (Å²) in [7, 11) is 1.40. The summed E-state index contributed by atoms with van der Waals surface area (Å²) in [5.74, 6) is -2.10. The first kappa shape index (κ1) is 22.8. The van der Waals surface area contributed by atoms with Crippen molar-refractivity contribution in [3.63, 3.8) is 0 Å². The van der Waals surface area contributed by atoms with E-state index in [0.717, 1.165) is 15.6 Å². The fourth-order valence-corrected chi connectivity index (χ4v) is 3.73. The normalized spacial score (nSPS) is 11.2. The molecule has 1 aromatic carbocycles. The van der Waals surface area contributed by atoms with E-state index >= 15 is 0 Å². The van der Waals surface area contributed by atoms with Crippen LogP contribution >= 0.6 is 0 Å². The minimum atomic E-state index is -0.808. The largest absolute Gasteiger partial charge is 0.369 e. The maximum Gasteiger partial charge on any atom is 0.270 e. The van der Waals surface area contributed by atoms with Gasteiger partial charge in [0.05, 0.1) is 24.9 Å². The molecule has 0 aliphatic rings. The van der Waals surface area contributed by atoms with Crippen LogP contribution in [0.2, 0.25) is 0 Å². The van der Waals surface area contributed by atoms with Gasteiger partial charge in [-0.2, -0.15) is 5.10 Å². The number of carbonyl (C=O) groups is 1. The first-order chi connectivity index (χ1) is 17.3. The van der Waals surface area contributed by atoms with Crippen LogP contribution in [-0.2, 0) is 24.8 Å². The lowest BCUT2D eigenvalue weighted by atomic mass is 10.2. The van der Waals surface area contributed by atoms with Gasteiger partial charge in [0.1, 0.15) is 23.5 Å². The van der Waals surface area contributed by atoms with Crippen molar-refractivity contribution in [2.45, 2.75) is 13.0 Å². The van der Waals surface area contributed by atoms with Gasteiger partial charge in [-0.15, -0.1) is 0 Å². The lowest BCUT2D eigenvalue weighted by Crippen LogP contribution is -2.23. The third-order valence-corrected chi connectivity index (χ3v) is 5.46. The van der Waals surface area contributed by atoms with Crippen molar-refractivity contribution >= 4 is 5.91 Å². The van der Waals surface area contributed by atoms with Gasteiger partial charge >= 0.3 is 0 Å². The molecule has 0 saturated heterocycles. The van der Waals surface area contributed by atoms with Gasteiger partial charge in [0, 0.05) is 30.4 Å². The Morgan fingerprint density at radius 3 is 2.64 bits per heavy atom. The van der Waals surface area contributed by atoms with Gasteiger partial charge in [0.25, 0.3) is 5.56 Å². The summed E-state index contributed by atoms with van der Waals surface area (Å²) in [6.45, 7) is 0.0749. The van der Waals surface area contributed by atoms with Gasteiger partial charge in [-0.3, -0.25) is 14.3 Å². The number of nitrogens with two attached hydrogens (primary N) is 1. The molecule has 1 amide bonds. The van der Waals surface area contributed by atoms with Gasteiger partial charge in [-0.05, 0) is 12.1 Å². The summed E-state index contributed by atoms with van der Waals surface area (Å²) in [5.41, 5.74) is 6.35. The fourth-order valence-electron chi connectivity index (χ4n) is 3.73. The van der Waals surface area contributed by atoms with E-state index in [-0.39, 0.29) is 35.9 Å². The molecule has 2 N–H and O–H groups in total. The molecule has 0 radical (unpaired) electrons. The lowest BCUT2D eigenvalue weighted by Gasteiger charge is -2.08. The Balaban J connectivity index is 1.60. The SMILES string of the molecule is Cn1c(=O)c(CC(N)=O)cn1-c1nc(-c2cc(-c3ccon3)n(Cc3ccccc3F)n2)ncc1F. The van der Waals surface area contributed by atoms with Crippen LogP contribution in [0, 0.1) is 11.6 Å². The van der Waals surface area contributed by atoms with E-state index in [1.807, 2.05) is 0 Å². The molecule has 182 valence electrons. The van der Waals surface area contributed by atoms with Crippen molar-refractivity contribution in [2.75, 3.05) is 0 Å². The van der Waals surface area contributed by atoms with Crippen molar-refractivity contribution in [2.24, 2.45) is 12.8 Å². The molecule has 5 aromatic rings. The minimum absolute atomic E-state index is 0.0426. The zero-order valence-corrected chi connectivity index (χ0v) is 18.8. The van der Waals surface area contributed by atoms with Crippen molar-refractivity contribution < 1.29 is 18.1 Å². The standard InChI is InChI=1S/C23H18F2N8O3/c1-31-23(35)14(8-20(26)34)12-33(31)22-16(25)10-27-21(28-22)18-9-19(17-6-7-36-30-17)32(29-18)11-13-4-2-3-5-15(13)24/h2-7,9-10,12H,8,11H2,1H3,(H2,26,34). The first-order valence-corrected chi connectivity index (χ1v) is 10.6. The molecule has 0 spiro atoms. The Hall–Kier alpha value is -4.94. The highest BCUT2D eigenvalue weighted by Gasteiger charge is 2.20. The second kappa shape index (κ2) is 9.02. The Bertz CT molecular complexity index is 1640. The Morgan fingerprint density at radius 2 is 1.92 bits per heavy atom. The van der Waals surface area contributed by atoms with E-state index in [2.05, 4.69) is 20.2 Å². The molecule has 0 saturated carbocycles. The quantitative estimate of drug-likeness (QED) is 0.366. The molecule has 0 fully saturated rings. The number of halogens is 2. The highest BCUT2D eigenvalue weighted by Crippen LogP contribution is 2.25. The van der Waals surface area contributed by atoms with E-state index in [0.29, 0.717) is 17.0 Å². The van der Waals surface area contributed by atoms with Crippen LogP contribution in [0.15, 0.2) is 64.4 Å². The molecule has 4 aromatic heterocycles. The minimum Gasteiger partial charge on any atom is -0.369 e. The highest BCUT2D eigenvalue weighted by atomic mass is 19.1. The molecule has 0 aliphatic heterocycles. The average molecular weight is 492 g/mol. The number of amides is 1. The summed E-state index contributed by atoms with van der Waals surface area (Å²) in [6, 6.07) is 9.50. The van der Waals surface area contributed by atoms with E-state index in [9.17, 15) is 18.4 Å². The van der Waals surface area contributed by atoms with Crippen LogP contribution in [0.4, 0.5) is 8.78 Å². The first-order valence-electron chi connectivity index (χ1n) is 10.6. The number of primary amides is 1. The van der Waals surface area contributed by atoms with Crippen molar-refractivity contribution in [1.82, 2.24) is 34.3 Å². The number of aromatic nitrogens is 7. The van der Waals surface area contributed by atoms with E-state index in [1.165, 1.54) is 30.3 Å². The second-order valence-corrected chi connectivity index (χ2v) is 7.88. The molecule has 4 heterocycles. The van der Waals surface area contributed by atoms with Crippen LogP contribution in [0.5, 0.6) is 0 Å². The van der Waals surface area contributed by atoms with Crippen LogP contribution < -0.4 is 11.3 Å². The fraction of sp³-hybridized carbons (Fsp3) is 0.130. The van der Waals surface area contributed by atoms with Crippen molar-refractivity contribution in [3.8, 4) is 28.7 Å². The average Bonchev–Trinajstić information content (AvgIpc) is 3.58. The Morgan fingerprint density at radius 1 is 1.11 bits per heavy atom. The molecule has 36 heavy (non-hydrogen) atoms. The molecular weight excluding hydrogens is 474 g/mol. The van der Waals surface area contributed by atoms with Crippen molar-refractivity contribution in [1.29, 1.82) is 0 Å². The number of carbonyl (C=O) groups excluding carboxylic acids is 1. The van der Waals surface area contributed by atoms with Crippen LogP contribution in [0.3, 0.4) is 0 Å². The van der Waals surface area contributed by atoms with Gasteiger partial charge in [0.15, 0.2) is 17.5 Å². The van der Waals surface area contributed by atoms with Gasteiger partial charge < -0.3 is 10.3 Å². The van der Waals surface area contributed by atoms with Crippen molar-refractivity contribution in [3.05, 3.63) is 88.2 Å². The molecular formula is C23H18F2N8O3. The lowest BCUT2D eigenvalue weighted by molar-refractivity contribution is -0.117. The molecule has 0 bridgehead atoms. The molecule has 0 aliphatic carbocycles. The van der Waals surface area contributed by atoms with Gasteiger partial charge in [-0.25, -0.2) is 28.1 Å². The Kier molecular flexibility index (Phi) is 5.72. The summed E-state index contributed by atoms with van der Waals surface area (Å²) in [5, 5.41) is 8.44. The molecule has 11 nitrogen and oxygen atoms in total. The van der Waals surface area contributed by atoms with Crippen LogP contribution in [-0.4, -0.2) is 40.2 Å². The number of hydrogen-bond donors (Lipinski definition) is 1. The van der Waals surface area contributed by atoms with E-state index in [1.54, 1.807) is 30.3 Å². The maximum absolute atomic E-state index is 14.8. The highest BCUT2D eigenvalue weighted by molar-refractivity contribution is 5.76. The summed E-state index contributed by atoms with van der Waals surface area (Å²) in [4.78, 5) is 32.1. The molecule has 13 heteroatoms. The summed E-state index contributed by atoms with van der Waals surface area (Å²) < 4.78 is 37.8. The zero-order valence-electron chi connectivity index (χ0n) is 18.8. The molecule has 5 rings (SSSR count). The van der Waals surface area contributed by atoms with E-state index < -0.39 is 23.1 Å². The monoisotopic (exact) mass is 492 g/mol. The Labute approximate surface area is 201 Å². The van der Waals surface area contributed by atoms with Gasteiger partial charge in [0.2, 0.25) is 5.91 Å². The number of hydrogen-bond acceptors (Lipinski definition) is 7. The number of rotatable bonds is 7. The third kappa shape index (κ3) is 4.17. The van der Waals surface area contributed by atoms with E-state index in [4.69, 9.17) is 10.3 Å². The molecule has 0 unspecified atom stereocenters. The predicted molar refractivity (Wildman–Crippen MR) is 122 cm³/mol. The third-order valence-electron chi connectivity index (χ3n) is 5.46. The topological polar surface area (TPSA) is 140 Å². The predicted octanol–water partition coefficient (Wildman–Crippen LogP) is 1.84. The van der Waals surface area contributed by atoms with Gasteiger partial charge in [-0.1, -0.05) is 23.4 Å². The van der Waals surface area contributed by atoms with Crippen LogP contribution in [0.25, 0.3) is 28.7 Å². The second-order valence-electron chi connectivity index (χ2n) is 7.88. The summed E-state index contributed by atoms with van der Waals surface area (Å²) >= 11 is 0. The zero-order chi connectivity index (χ0) is 25.4.